The lowest BCUT2D eigenvalue weighted by atomic mass is 9.72. The summed E-state index contributed by atoms with van der Waals surface area (Å²) in [7, 11) is 2.87. The number of pyridine rings is 1. The number of benzene rings is 1. The van der Waals surface area contributed by atoms with E-state index in [9.17, 15) is 27.9 Å². The lowest BCUT2D eigenvalue weighted by Gasteiger charge is -2.40. The summed E-state index contributed by atoms with van der Waals surface area (Å²) < 4.78 is 46.6. The summed E-state index contributed by atoms with van der Waals surface area (Å²) in [6, 6.07) is 8.34. The lowest BCUT2D eigenvalue weighted by molar-refractivity contribution is -0.154. The fourth-order valence-electron chi connectivity index (χ4n) is 6.54. The Bertz CT molecular complexity index is 1210. The summed E-state index contributed by atoms with van der Waals surface area (Å²) >= 11 is 0. The molecule has 1 aromatic carbocycles. The Balaban J connectivity index is 1.94. The highest BCUT2D eigenvalue weighted by molar-refractivity contribution is 5.87. The van der Waals surface area contributed by atoms with Gasteiger partial charge in [0.2, 0.25) is 11.8 Å². The second-order valence-corrected chi connectivity index (χ2v) is 12.0. The molecule has 0 radical (unpaired) electrons. The number of halogens is 3. The number of likely N-dealkylation sites (N-methyl/N-ethyl adjacent to an activating group) is 1. The van der Waals surface area contributed by atoms with Crippen LogP contribution in [-0.2, 0) is 15.8 Å². The predicted molar refractivity (Wildman–Crippen MR) is 145 cm³/mol. The van der Waals surface area contributed by atoms with E-state index in [-0.39, 0.29) is 23.5 Å². The molecule has 1 saturated carbocycles. The number of alkyl halides is 3. The summed E-state index contributed by atoms with van der Waals surface area (Å²) in [5, 5.41) is 10.6. The van der Waals surface area contributed by atoms with Gasteiger partial charge in [0.15, 0.2) is 0 Å². The highest BCUT2D eigenvalue weighted by atomic mass is 19.4. The van der Waals surface area contributed by atoms with Crippen LogP contribution in [0, 0.1) is 17.3 Å². The third-order valence-corrected chi connectivity index (χ3v) is 8.37. The van der Waals surface area contributed by atoms with Crippen LogP contribution in [0.4, 0.5) is 19.0 Å². The molecule has 1 aliphatic heterocycles. The van der Waals surface area contributed by atoms with E-state index in [1.807, 2.05) is 51.1 Å². The smallest absolute Gasteiger partial charge is 0.416 e. The first-order chi connectivity index (χ1) is 18.8. The molecule has 2 aliphatic rings. The largest absolute Gasteiger partial charge is 0.481 e. The van der Waals surface area contributed by atoms with Gasteiger partial charge in [-0.3, -0.25) is 4.79 Å². The molecule has 0 spiro atoms. The highest BCUT2D eigenvalue weighted by Gasteiger charge is 2.60. The second kappa shape index (κ2) is 11.3. The minimum atomic E-state index is -4.64. The molecule has 2 fully saturated rings. The van der Waals surface area contributed by atoms with Gasteiger partial charge in [-0.15, -0.1) is 0 Å². The average molecular weight is 562 g/mol. The summed E-state index contributed by atoms with van der Waals surface area (Å²) in [6.07, 6.45) is -0.425. The number of carboxylic acid groups (broad SMARTS) is 1. The Morgan fingerprint density at radius 1 is 1.05 bits per heavy atom. The van der Waals surface area contributed by atoms with Crippen molar-refractivity contribution < 1.29 is 32.6 Å². The van der Waals surface area contributed by atoms with E-state index < -0.39 is 47.2 Å². The van der Waals surface area contributed by atoms with Gasteiger partial charge in [-0.2, -0.15) is 18.2 Å². The van der Waals surface area contributed by atoms with Crippen molar-refractivity contribution in [2.75, 3.05) is 19.1 Å². The van der Waals surface area contributed by atoms with Gasteiger partial charge in [-0.25, -0.2) is 4.79 Å². The zero-order valence-corrected chi connectivity index (χ0v) is 23.6. The Kier molecular flexibility index (Phi) is 8.38. The number of methoxy groups -OCH3 is 1. The third-order valence-electron chi connectivity index (χ3n) is 8.37. The first kappa shape index (κ1) is 29.7. The number of aliphatic carboxylic acids is 1. The second-order valence-electron chi connectivity index (χ2n) is 12.0. The predicted octanol–water partition coefficient (Wildman–Crippen LogP) is 6.19. The lowest BCUT2D eigenvalue weighted by Crippen LogP contribution is -2.49. The van der Waals surface area contributed by atoms with Crippen molar-refractivity contribution in [2.24, 2.45) is 17.3 Å². The number of carbonyl (C=O) groups excluding carboxylic acids is 1. The number of likely N-dealkylation sites (tertiary alicyclic amines) is 1. The number of aromatic nitrogens is 1. The number of anilines is 1. The minimum Gasteiger partial charge on any atom is -0.481 e. The van der Waals surface area contributed by atoms with Gasteiger partial charge in [0, 0.05) is 24.9 Å². The molecule has 1 aliphatic carbocycles. The number of nitrogens with zero attached hydrogens (tertiary/aromatic N) is 3. The average Bonchev–Trinajstić information content (AvgIpc) is 3.29. The van der Waals surface area contributed by atoms with Gasteiger partial charge < -0.3 is 19.6 Å². The molecule has 2 heterocycles. The van der Waals surface area contributed by atoms with Crippen LogP contribution in [-0.4, -0.2) is 53.1 Å². The van der Waals surface area contributed by atoms with Crippen molar-refractivity contribution in [3.63, 3.8) is 0 Å². The maximum atomic E-state index is 14.2. The summed E-state index contributed by atoms with van der Waals surface area (Å²) in [6.45, 7) is 5.72. The summed E-state index contributed by atoms with van der Waals surface area (Å²) in [5.74, 6) is -2.49. The molecule has 0 bridgehead atoms. The van der Waals surface area contributed by atoms with Gasteiger partial charge in [-0.05, 0) is 29.9 Å². The van der Waals surface area contributed by atoms with Crippen LogP contribution in [0.5, 0.6) is 5.88 Å². The standard InChI is InChI=1S/C30H38F3N3O4/c1-29(2,3)23-25(35(4)21-16-20(30(31,32)33)17-22(34-21)40-5)24(18-12-8-6-9-13-18)36(26(23)28(38)39)27(37)19-14-10-7-11-15-19/h6,8-9,12-13,16-17,19,23-26H,7,10-11,14-15H2,1-5H3,(H,38,39)/t23-,24-,25-,26-/m1/s1. The van der Waals surface area contributed by atoms with Crippen molar-refractivity contribution >= 4 is 17.7 Å². The topological polar surface area (TPSA) is 83.0 Å². The van der Waals surface area contributed by atoms with Gasteiger partial charge >= 0.3 is 12.1 Å². The van der Waals surface area contributed by atoms with Crippen molar-refractivity contribution in [3.8, 4) is 5.88 Å². The Morgan fingerprint density at radius 2 is 1.68 bits per heavy atom. The number of ether oxygens (including phenoxy) is 1. The Labute approximate surface area is 233 Å². The quantitative estimate of drug-likeness (QED) is 0.453. The molecule has 1 N–H and O–H groups in total. The van der Waals surface area contributed by atoms with Crippen molar-refractivity contribution in [2.45, 2.75) is 77.2 Å². The van der Waals surface area contributed by atoms with Gasteiger partial charge in [0.25, 0.3) is 0 Å². The monoisotopic (exact) mass is 561 g/mol. The van der Waals surface area contributed by atoms with Crippen LogP contribution in [0.2, 0.25) is 0 Å². The number of amides is 1. The fourth-order valence-corrected chi connectivity index (χ4v) is 6.54. The summed E-state index contributed by atoms with van der Waals surface area (Å²) in [4.78, 5) is 34.7. The Morgan fingerprint density at radius 3 is 2.20 bits per heavy atom. The molecular formula is C30H38F3N3O4. The first-order valence-corrected chi connectivity index (χ1v) is 13.7. The van der Waals surface area contributed by atoms with Crippen LogP contribution in [0.3, 0.4) is 0 Å². The first-order valence-electron chi connectivity index (χ1n) is 13.7. The van der Waals surface area contributed by atoms with Crippen molar-refractivity contribution in [1.82, 2.24) is 9.88 Å². The molecule has 0 unspecified atom stereocenters. The SMILES string of the molecule is COc1cc(C(F)(F)F)cc(N(C)[C@@H]2[C@@H](C(C)(C)C)[C@H](C(=O)O)N(C(=O)C3CCCCC3)[C@@H]2c2ccccc2)n1. The van der Waals surface area contributed by atoms with Crippen LogP contribution in [0.25, 0.3) is 0 Å². The zero-order chi connectivity index (χ0) is 29.4. The van der Waals surface area contributed by atoms with Crippen LogP contribution >= 0.6 is 0 Å². The molecule has 218 valence electrons. The van der Waals surface area contributed by atoms with Gasteiger partial charge in [0.1, 0.15) is 11.9 Å². The molecule has 4 rings (SSSR count). The number of hydrogen-bond acceptors (Lipinski definition) is 5. The van der Waals surface area contributed by atoms with E-state index in [4.69, 9.17) is 4.74 Å². The van der Waals surface area contributed by atoms with Crippen molar-refractivity contribution in [3.05, 3.63) is 53.6 Å². The number of carbonyl (C=O) groups is 2. The molecule has 40 heavy (non-hydrogen) atoms. The Hall–Kier alpha value is -3.30. The molecule has 7 nitrogen and oxygen atoms in total. The zero-order valence-electron chi connectivity index (χ0n) is 23.6. The molecule has 4 atom stereocenters. The highest BCUT2D eigenvalue weighted by Crippen LogP contribution is 2.51. The molecule has 10 heteroatoms. The van der Waals surface area contributed by atoms with Crippen LogP contribution in [0.15, 0.2) is 42.5 Å². The van der Waals surface area contributed by atoms with Crippen LogP contribution < -0.4 is 9.64 Å². The fraction of sp³-hybridized carbons (Fsp3) is 0.567. The van der Waals surface area contributed by atoms with E-state index in [1.165, 1.54) is 12.0 Å². The van der Waals surface area contributed by atoms with Crippen molar-refractivity contribution in [1.29, 1.82) is 0 Å². The minimum absolute atomic E-state index is 0.0111. The summed E-state index contributed by atoms with van der Waals surface area (Å²) in [5.41, 5.74) is -0.837. The van der Waals surface area contributed by atoms with E-state index in [0.29, 0.717) is 12.8 Å². The molecule has 1 saturated heterocycles. The molecule has 2 aromatic rings. The molecule has 1 aromatic heterocycles. The maximum absolute atomic E-state index is 14.2. The number of hydrogen-bond donors (Lipinski definition) is 1. The van der Waals surface area contributed by atoms with Crippen LogP contribution in [0.1, 0.15) is 70.0 Å². The van der Waals surface area contributed by atoms with E-state index in [2.05, 4.69) is 4.98 Å². The third kappa shape index (κ3) is 5.76. The number of carboxylic acids is 1. The maximum Gasteiger partial charge on any atom is 0.416 e. The van der Waals surface area contributed by atoms with Gasteiger partial charge in [-0.1, -0.05) is 70.4 Å². The normalized spacial score (nSPS) is 24.1. The van der Waals surface area contributed by atoms with E-state index in [0.717, 1.165) is 37.0 Å². The molecular weight excluding hydrogens is 523 g/mol. The van der Waals surface area contributed by atoms with E-state index in [1.54, 1.807) is 11.9 Å². The van der Waals surface area contributed by atoms with Gasteiger partial charge in [0.05, 0.1) is 24.8 Å². The number of rotatable bonds is 6. The molecule has 1 amide bonds. The van der Waals surface area contributed by atoms with E-state index >= 15 is 0 Å².